The van der Waals surface area contributed by atoms with Gasteiger partial charge < -0.3 is 4.90 Å². The van der Waals surface area contributed by atoms with Gasteiger partial charge in [0.05, 0.1) is 12.0 Å². The predicted molar refractivity (Wildman–Crippen MR) is 67.1 cm³/mol. The predicted octanol–water partition coefficient (Wildman–Crippen LogP) is 3.32. The Morgan fingerprint density at radius 3 is 2.81 bits per heavy atom. The number of alkyl halides is 1. The molecule has 0 saturated carbocycles. The van der Waals surface area contributed by atoms with E-state index in [4.69, 9.17) is 5.26 Å². The fourth-order valence-corrected chi connectivity index (χ4v) is 2.03. The highest BCUT2D eigenvalue weighted by molar-refractivity contribution is 9.08. The van der Waals surface area contributed by atoms with Crippen molar-refractivity contribution in [2.24, 2.45) is 5.92 Å². The molecule has 1 aromatic rings. The Hall–Kier alpha value is -1.08. The molecule has 1 aromatic carbocycles. The van der Waals surface area contributed by atoms with Crippen LogP contribution in [0.1, 0.15) is 12.5 Å². The van der Waals surface area contributed by atoms with Crippen LogP contribution in [0.5, 0.6) is 0 Å². The van der Waals surface area contributed by atoms with Crippen molar-refractivity contribution in [2.45, 2.75) is 12.3 Å². The summed E-state index contributed by atoms with van der Waals surface area (Å²) in [6, 6.07) is 6.88. The van der Waals surface area contributed by atoms with E-state index in [-0.39, 0.29) is 11.7 Å². The maximum Gasteiger partial charge on any atom is 0.123 e. The number of benzene rings is 1. The molecule has 2 nitrogen and oxygen atoms in total. The first-order valence-corrected chi connectivity index (χ1v) is 6.15. The van der Waals surface area contributed by atoms with Gasteiger partial charge in [0.2, 0.25) is 0 Å². The van der Waals surface area contributed by atoms with E-state index in [0.29, 0.717) is 11.9 Å². The van der Waals surface area contributed by atoms with E-state index < -0.39 is 0 Å². The lowest BCUT2D eigenvalue weighted by atomic mass is 10.1. The third kappa shape index (κ3) is 3.21. The van der Waals surface area contributed by atoms with Crippen molar-refractivity contribution >= 4 is 21.6 Å². The summed E-state index contributed by atoms with van der Waals surface area (Å²) in [7, 11) is 1.91. The normalized spacial score (nSPS) is 11.9. The average molecular weight is 285 g/mol. The molecule has 1 rings (SSSR count). The second kappa shape index (κ2) is 5.86. The first kappa shape index (κ1) is 13.0. The van der Waals surface area contributed by atoms with Gasteiger partial charge in [-0.15, -0.1) is 0 Å². The lowest BCUT2D eigenvalue weighted by molar-refractivity contribution is 0.625. The van der Waals surface area contributed by atoms with Gasteiger partial charge in [0.1, 0.15) is 5.82 Å². The fraction of sp³-hybridized carbons (Fsp3) is 0.417. The van der Waals surface area contributed by atoms with Crippen LogP contribution in [0.2, 0.25) is 0 Å². The van der Waals surface area contributed by atoms with Gasteiger partial charge in [0.15, 0.2) is 0 Å². The zero-order valence-corrected chi connectivity index (χ0v) is 11.0. The first-order chi connectivity index (χ1) is 7.58. The van der Waals surface area contributed by atoms with Crippen molar-refractivity contribution in [3.8, 4) is 6.07 Å². The number of hydrogen-bond acceptors (Lipinski definition) is 2. The molecule has 0 radical (unpaired) electrons. The standard InChI is InChI=1S/C12H14BrFN2/c1-9(7-15)8-16(2)12-4-3-11(14)5-10(12)6-13/h3-5,9H,6,8H2,1-2H3. The van der Waals surface area contributed by atoms with Crippen LogP contribution >= 0.6 is 15.9 Å². The van der Waals surface area contributed by atoms with Crippen LogP contribution in [0.25, 0.3) is 0 Å². The Balaban J connectivity index is 2.91. The molecule has 0 aliphatic heterocycles. The summed E-state index contributed by atoms with van der Waals surface area (Å²) in [6.07, 6.45) is 0. The van der Waals surface area contributed by atoms with Crippen molar-refractivity contribution in [1.29, 1.82) is 5.26 Å². The number of nitriles is 1. The molecule has 1 atom stereocenters. The molecule has 0 fully saturated rings. The molecule has 0 N–H and O–H groups in total. The fourth-order valence-electron chi connectivity index (χ4n) is 1.58. The monoisotopic (exact) mass is 284 g/mol. The Morgan fingerprint density at radius 1 is 1.56 bits per heavy atom. The smallest absolute Gasteiger partial charge is 0.123 e. The largest absolute Gasteiger partial charge is 0.373 e. The van der Waals surface area contributed by atoms with Crippen molar-refractivity contribution in [3.63, 3.8) is 0 Å². The molecular weight excluding hydrogens is 271 g/mol. The van der Waals surface area contributed by atoms with E-state index in [1.165, 1.54) is 12.1 Å². The summed E-state index contributed by atoms with van der Waals surface area (Å²) in [4.78, 5) is 1.98. The Morgan fingerprint density at radius 2 is 2.25 bits per heavy atom. The van der Waals surface area contributed by atoms with Crippen LogP contribution < -0.4 is 4.90 Å². The van der Waals surface area contributed by atoms with Gasteiger partial charge in [0, 0.05) is 24.6 Å². The quantitative estimate of drug-likeness (QED) is 0.793. The Bertz CT molecular complexity index is 400. The van der Waals surface area contributed by atoms with Gasteiger partial charge in [-0.05, 0) is 30.7 Å². The zero-order chi connectivity index (χ0) is 12.1. The first-order valence-electron chi connectivity index (χ1n) is 5.03. The highest BCUT2D eigenvalue weighted by Gasteiger charge is 2.10. The number of halogens is 2. The van der Waals surface area contributed by atoms with Crippen LogP contribution in [-0.4, -0.2) is 13.6 Å². The lowest BCUT2D eigenvalue weighted by Gasteiger charge is -2.23. The van der Waals surface area contributed by atoms with Crippen LogP contribution in [0.3, 0.4) is 0 Å². The molecule has 0 aliphatic carbocycles. The van der Waals surface area contributed by atoms with Gasteiger partial charge in [-0.3, -0.25) is 0 Å². The topological polar surface area (TPSA) is 27.0 Å². The summed E-state index contributed by atoms with van der Waals surface area (Å²) >= 11 is 3.34. The maximum absolute atomic E-state index is 13.0. The number of rotatable bonds is 4. The third-order valence-electron chi connectivity index (χ3n) is 2.36. The van der Waals surface area contributed by atoms with Crippen molar-refractivity contribution in [3.05, 3.63) is 29.6 Å². The summed E-state index contributed by atoms with van der Waals surface area (Å²) in [5.41, 5.74) is 1.85. The van der Waals surface area contributed by atoms with Gasteiger partial charge in [0.25, 0.3) is 0 Å². The lowest BCUT2D eigenvalue weighted by Crippen LogP contribution is -2.24. The summed E-state index contributed by atoms with van der Waals surface area (Å²) < 4.78 is 13.0. The van der Waals surface area contributed by atoms with Crippen molar-refractivity contribution < 1.29 is 4.39 Å². The molecule has 0 aromatic heterocycles. The summed E-state index contributed by atoms with van der Waals surface area (Å²) in [6.45, 7) is 2.51. The van der Waals surface area contributed by atoms with Crippen LogP contribution in [0, 0.1) is 23.1 Å². The Labute approximate surface area is 104 Å². The Kier molecular flexibility index (Phi) is 4.75. The van der Waals surface area contributed by atoms with E-state index >= 15 is 0 Å². The second-order valence-electron chi connectivity index (χ2n) is 3.82. The van der Waals surface area contributed by atoms with E-state index in [1.807, 2.05) is 18.9 Å². The second-order valence-corrected chi connectivity index (χ2v) is 4.38. The van der Waals surface area contributed by atoms with Crippen LogP contribution in [-0.2, 0) is 5.33 Å². The average Bonchev–Trinajstić information content (AvgIpc) is 2.28. The molecule has 1 unspecified atom stereocenters. The highest BCUT2D eigenvalue weighted by Crippen LogP contribution is 2.23. The molecular formula is C12H14BrFN2. The molecule has 0 aliphatic rings. The van der Waals surface area contributed by atoms with Gasteiger partial charge >= 0.3 is 0 Å². The minimum atomic E-state index is -0.236. The van der Waals surface area contributed by atoms with E-state index in [2.05, 4.69) is 22.0 Å². The SMILES string of the molecule is CC(C#N)CN(C)c1ccc(F)cc1CBr. The van der Waals surface area contributed by atoms with Crippen LogP contribution in [0.15, 0.2) is 18.2 Å². The summed E-state index contributed by atoms with van der Waals surface area (Å²) in [5.74, 6) is -0.279. The number of hydrogen-bond donors (Lipinski definition) is 0. The van der Waals surface area contributed by atoms with E-state index in [9.17, 15) is 4.39 Å². The highest BCUT2D eigenvalue weighted by atomic mass is 79.9. The van der Waals surface area contributed by atoms with E-state index in [1.54, 1.807) is 6.07 Å². The van der Waals surface area contributed by atoms with Crippen LogP contribution in [0.4, 0.5) is 10.1 Å². The van der Waals surface area contributed by atoms with E-state index in [0.717, 1.165) is 11.3 Å². The van der Waals surface area contributed by atoms with Gasteiger partial charge in [-0.25, -0.2) is 4.39 Å². The number of nitrogens with zero attached hydrogens (tertiary/aromatic N) is 2. The van der Waals surface area contributed by atoms with Gasteiger partial charge in [-0.2, -0.15) is 5.26 Å². The zero-order valence-electron chi connectivity index (χ0n) is 9.37. The molecule has 16 heavy (non-hydrogen) atoms. The molecule has 4 heteroatoms. The third-order valence-corrected chi connectivity index (χ3v) is 2.97. The van der Waals surface area contributed by atoms with Gasteiger partial charge in [-0.1, -0.05) is 15.9 Å². The molecule has 0 amide bonds. The molecule has 0 bridgehead atoms. The molecule has 0 saturated heterocycles. The van der Waals surface area contributed by atoms with Crippen molar-refractivity contribution in [2.75, 3.05) is 18.5 Å². The maximum atomic E-state index is 13.0. The molecule has 0 heterocycles. The number of anilines is 1. The summed E-state index contributed by atoms with van der Waals surface area (Å²) in [5, 5.41) is 9.36. The molecule has 86 valence electrons. The minimum absolute atomic E-state index is 0.0433. The van der Waals surface area contributed by atoms with Crippen molar-refractivity contribution in [1.82, 2.24) is 0 Å². The minimum Gasteiger partial charge on any atom is -0.373 e. The molecule has 0 spiro atoms.